The second-order valence-electron chi connectivity index (χ2n) is 4.04. The van der Waals surface area contributed by atoms with Crippen LogP contribution in [-0.4, -0.2) is 22.5 Å². The van der Waals surface area contributed by atoms with Crippen molar-refractivity contribution in [2.75, 3.05) is 6.26 Å². The Balaban J connectivity index is 2.21. The van der Waals surface area contributed by atoms with Gasteiger partial charge in [-0.2, -0.15) is 0 Å². The number of hydrogen-bond donors (Lipinski definition) is 0. The summed E-state index contributed by atoms with van der Waals surface area (Å²) in [5.74, 6) is -0.153. The lowest BCUT2D eigenvalue weighted by Gasteiger charge is -2.11. The summed E-state index contributed by atoms with van der Waals surface area (Å²) >= 11 is 3.76. The fourth-order valence-electron chi connectivity index (χ4n) is 1.80. The average Bonchev–Trinajstić information content (AvgIpc) is 2.45. The number of thioether (sulfide) groups is 1. The van der Waals surface area contributed by atoms with Crippen LogP contribution in [0.25, 0.3) is 0 Å². The SMILES string of the molecule is CSc1nccc(CC(C=O)c2cccc(I)c2)n1. The summed E-state index contributed by atoms with van der Waals surface area (Å²) in [5, 5.41) is 0.741. The van der Waals surface area contributed by atoms with Crippen LogP contribution in [0.3, 0.4) is 0 Å². The molecule has 0 aliphatic rings. The minimum Gasteiger partial charge on any atom is -0.303 e. The molecule has 1 atom stereocenters. The summed E-state index contributed by atoms with van der Waals surface area (Å²) in [6.07, 6.45) is 5.28. The van der Waals surface area contributed by atoms with Crippen molar-refractivity contribution in [2.24, 2.45) is 0 Å². The Morgan fingerprint density at radius 2 is 2.26 bits per heavy atom. The molecule has 0 spiro atoms. The van der Waals surface area contributed by atoms with Crippen molar-refractivity contribution < 1.29 is 4.79 Å². The lowest BCUT2D eigenvalue weighted by atomic mass is 9.96. The zero-order valence-electron chi connectivity index (χ0n) is 10.4. The van der Waals surface area contributed by atoms with Gasteiger partial charge in [0.1, 0.15) is 6.29 Å². The highest BCUT2D eigenvalue weighted by atomic mass is 127. The third kappa shape index (κ3) is 4.01. The summed E-state index contributed by atoms with van der Waals surface area (Å²) in [6.45, 7) is 0. The molecule has 98 valence electrons. The van der Waals surface area contributed by atoms with Crippen LogP contribution in [0, 0.1) is 3.57 Å². The van der Waals surface area contributed by atoms with Crippen LogP contribution in [0.4, 0.5) is 0 Å². The molecule has 0 saturated carbocycles. The molecule has 3 nitrogen and oxygen atoms in total. The van der Waals surface area contributed by atoms with Gasteiger partial charge in [0.05, 0.1) is 0 Å². The van der Waals surface area contributed by atoms with Gasteiger partial charge in [-0.15, -0.1) is 0 Å². The molecule has 0 saturated heterocycles. The van der Waals surface area contributed by atoms with Crippen molar-refractivity contribution >= 4 is 40.6 Å². The molecule has 0 N–H and O–H groups in total. The van der Waals surface area contributed by atoms with Gasteiger partial charge in [-0.25, -0.2) is 9.97 Å². The third-order valence-electron chi connectivity index (χ3n) is 2.74. The van der Waals surface area contributed by atoms with Gasteiger partial charge in [0.15, 0.2) is 5.16 Å². The molecule has 19 heavy (non-hydrogen) atoms. The molecule has 0 amide bonds. The van der Waals surface area contributed by atoms with Gasteiger partial charge in [0.2, 0.25) is 0 Å². The van der Waals surface area contributed by atoms with E-state index in [-0.39, 0.29) is 5.92 Å². The topological polar surface area (TPSA) is 42.9 Å². The summed E-state index contributed by atoms with van der Waals surface area (Å²) in [6, 6.07) is 9.88. The monoisotopic (exact) mass is 384 g/mol. The van der Waals surface area contributed by atoms with Crippen LogP contribution in [0.5, 0.6) is 0 Å². The first-order valence-electron chi connectivity index (χ1n) is 5.79. The molecule has 2 rings (SSSR count). The van der Waals surface area contributed by atoms with E-state index in [1.807, 2.05) is 36.6 Å². The van der Waals surface area contributed by atoms with E-state index < -0.39 is 0 Å². The molecule has 1 heterocycles. The van der Waals surface area contributed by atoms with Gasteiger partial charge >= 0.3 is 0 Å². The van der Waals surface area contributed by atoms with Crippen molar-refractivity contribution in [3.63, 3.8) is 0 Å². The number of aldehydes is 1. The summed E-state index contributed by atoms with van der Waals surface area (Å²) in [5.41, 5.74) is 1.93. The summed E-state index contributed by atoms with van der Waals surface area (Å²) in [7, 11) is 0. The number of hydrogen-bond acceptors (Lipinski definition) is 4. The van der Waals surface area contributed by atoms with Gasteiger partial charge in [-0.05, 0) is 52.6 Å². The number of aromatic nitrogens is 2. The van der Waals surface area contributed by atoms with E-state index in [1.54, 1.807) is 6.20 Å². The second kappa shape index (κ2) is 7.00. The zero-order valence-corrected chi connectivity index (χ0v) is 13.4. The zero-order chi connectivity index (χ0) is 13.7. The van der Waals surface area contributed by atoms with Crippen LogP contribution < -0.4 is 0 Å². The van der Waals surface area contributed by atoms with Gasteiger partial charge in [0, 0.05) is 27.8 Å². The van der Waals surface area contributed by atoms with Crippen LogP contribution in [0.15, 0.2) is 41.7 Å². The second-order valence-corrected chi connectivity index (χ2v) is 6.06. The molecule has 1 aromatic carbocycles. The van der Waals surface area contributed by atoms with E-state index in [4.69, 9.17) is 0 Å². The summed E-state index contributed by atoms with van der Waals surface area (Å²) in [4.78, 5) is 19.9. The molecule has 0 aliphatic heterocycles. The normalized spacial score (nSPS) is 12.1. The number of rotatable bonds is 5. The Morgan fingerprint density at radius 1 is 1.42 bits per heavy atom. The summed E-state index contributed by atoms with van der Waals surface area (Å²) < 4.78 is 1.13. The van der Waals surface area contributed by atoms with Gasteiger partial charge in [-0.1, -0.05) is 23.9 Å². The van der Waals surface area contributed by atoms with Crippen molar-refractivity contribution in [3.8, 4) is 0 Å². The van der Waals surface area contributed by atoms with Gasteiger partial charge < -0.3 is 4.79 Å². The molecule has 1 aromatic heterocycles. The minimum atomic E-state index is -0.153. The lowest BCUT2D eigenvalue weighted by molar-refractivity contribution is -0.109. The number of carbonyl (C=O) groups excluding carboxylic acids is 1. The fourth-order valence-corrected chi connectivity index (χ4v) is 2.74. The maximum atomic E-state index is 11.3. The number of nitrogens with zero attached hydrogens (tertiary/aromatic N) is 2. The lowest BCUT2D eigenvalue weighted by Crippen LogP contribution is -2.06. The number of benzene rings is 1. The van der Waals surface area contributed by atoms with Crippen molar-refractivity contribution in [2.45, 2.75) is 17.5 Å². The smallest absolute Gasteiger partial charge is 0.187 e. The minimum absolute atomic E-state index is 0.153. The largest absolute Gasteiger partial charge is 0.303 e. The van der Waals surface area contributed by atoms with E-state index >= 15 is 0 Å². The highest BCUT2D eigenvalue weighted by Gasteiger charge is 2.13. The van der Waals surface area contributed by atoms with Crippen LogP contribution in [0.1, 0.15) is 17.2 Å². The highest BCUT2D eigenvalue weighted by molar-refractivity contribution is 14.1. The van der Waals surface area contributed by atoms with E-state index in [9.17, 15) is 4.79 Å². The third-order valence-corrected chi connectivity index (χ3v) is 3.98. The fraction of sp³-hybridized carbons (Fsp3) is 0.214. The number of halogens is 1. The van der Waals surface area contributed by atoms with Crippen LogP contribution >= 0.6 is 34.4 Å². The molecule has 5 heteroatoms. The van der Waals surface area contributed by atoms with Gasteiger partial charge in [-0.3, -0.25) is 0 Å². The van der Waals surface area contributed by atoms with E-state index in [0.717, 1.165) is 26.3 Å². The average molecular weight is 384 g/mol. The van der Waals surface area contributed by atoms with Crippen molar-refractivity contribution in [1.29, 1.82) is 0 Å². The first kappa shape index (κ1) is 14.5. The predicted molar refractivity (Wildman–Crippen MR) is 85.5 cm³/mol. The molecule has 0 bridgehead atoms. The van der Waals surface area contributed by atoms with Crippen LogP contribution in [-0.2, 0) is 11.2 Å². The Morgan fingerprint density at radius 3 is 2.95 bits per heavy atom. The Kier molecular flexibility index (Phi) is 5.33. The maximum absolute atomic E-state index is 11.3. The highest BCUT2D eigenvalue weighted by Crippen LogP contribution is 2.20. The molecular weight excluding hydrogens is 371 g/mol. The molecule has 1 unspecified atom stereocenters. The van der Waals surface area contributed by atoms with Gasteiger partial charge in [0.25, 0.3) is 0 Å². The van der Waals surface area contributed by atoms with E-state index in [1.165, 1.54) is 11.8 Å². The van der Waals surface area contributed by atoms with E-state index in [0.29, 0.717) is 6.42 Å². The number of carbonyl (C=O) groups is 1. The van der Waals surface area contributed by atoms with Crippen molar-refractivity contribution in [1.82, 2.24) is 9.97 Å². The predicted octanol–water partition coefficient (Wildman–Crippen LogP) is 3.33. The standard InChI is InChI=1S/C14H13IN2OS/c1-19-14-16-6-5-13(17-14)8-11(9-18)10-3-2-4-12(15)7-10/h2-7,9,11H,8H2,1H3. The van der Waals surface area contributed by atoms with Crippen LogP contribution in [0.2, 0.25) is 0 Å². The Hall–Kier alpha value is -0.950. The van der Waals surface area contributed by atoms with Crippen molar-refractivity contribution in [3.05, 3.63) is 51.4 Å². The molecule has 2 aromatic rings. The quantitative estimate of drug-likeness (QED) is 0.343. The maximum Gasteiger partial charge on any atom is 0.187 e. The first-order valence-corrected chi connectivity index (χ1v) is 8.10. The Bertz CT molecular complexity index is 577. The molecule has 0 radical (unpaired) electrons. The molecule has 0 aliphatic carbocycles. The Labute approximate surface area is 130 Å². The molecule has 0 fully saturated rings. The van der Waals surface area contributed by atoms with E-state index in [2.05, 4.69) is 32.6 Å². The first-order chi connectivity index (χ1) is 9.22. The molecular formula is C14H13IN2OS.